The van der Waals surface area contributed by atoms with Gasteiger partial charge in [-0.3, -0.25) is 10.1 Å². The van der Waals surface area contributed by atoms with Gasteiger partial charge in [0.25, 0.3) is 0 Å². The molecular formula is C27H30F3N5O2S. The number of benzene rings is 1. The molecule has 202 valence electrons. The first-order chi connectivity index (χ1) is 17.9. The number of hydrogen-bond acceptors (Lipinski definition) is 6. The number of aromatic amines is 1. The lowest BCUT2D eigenvalue weighted by Gasteiger charge is -2.23. The number of aryl methyl sites for hydroxylation is 1. The summed E-state index contributed by atoms with van der Waals surface area (Å²) in [4.78, 5) is 8.78. The number of aliphatic hydroxyl groups is 1. The number of aliphatic hydroxyl groups excluding tert-OH is 1. The topological polar surface area (TPSA) is 110 Å². The molecule has 4 rings (SSSR count). The summed E-state index contributed by atoms with van der Waals surface area (Å²) in [7, 11) is 0. The van der Waals surface area contributed by atoms with Crippen LogP contribution >= 0.6 is 0 Å². The van der Waals surface area contributed by atoms with Crippen LogP contribution in [0.5, 0.6) is 0 Å². The van der Waals surface area contributed by atoms with Crippen molar-refractivity contribution in [2.24, 2.45) is 0 Å². The average molecular weight is 546 g/mol. The molecule has 0 aliphatic carbocycles. The van der Waals surface area contributed by atoms with Crippen molar-refractivity contribution in [1.82, 2.24) is 24.9 Å². The van der Waals surface area contributed by atoms with Gasteiger partial charge in [0.15, 0.2) is 6.10 Å². The first-order valence-electron chi connectivity index (χ1n) is 12.3. The minimum absolute atomic E-state index is 0.228. The quantitative estimate of drug-likeness (QED) is 0.185. The van der Waals surface area contributed by atoms with Crippen molar-refractivity contribution in [2.75, 3.05) is 6.54 Å². The second-order valence-corrected chi connectivity index (χ2v) is 12.0. The molecule has 4 aromatic rings. The fourth-order valence-corrected chi connectivity index (χ4v) is 4.63. The Kier molecular flexibility index (Phi) is 8.41. The van der Waals surface area contributed by atoms with Crippen LogP contribution in [0.25, 0.3) is 33.5 Å². The minimum Gasteiger partial charge on any atom is -0.598 e. The van der Waals surface area contributed by atoms with E-state index in [1.807, 2.05) is 57.2 Å². The van der Waals surface area contributed by atoms with Crippen LogP contribution in [-0.2, 0) is 17.8 Å². The number of pyridine rings is 2. The third-order valence-electron chi connectivity index (χ3n) is 5.92. The summed E-state index contributed by atoms with van der Waals surface area (Å²) in [6.07, 6.45) is -4.89. The molecule has 3 aromatic heterocycles. The summed E-state index contributed by atoms with van der Waals surface area (Å²) in [5, 5.41) is 17.5. The van der Waals surface area contributed by atoms with E-state index in [9.17, 15) is 22.8 Å². The van der Waals surface area contributed by atoms with E-state index in [0.29, 0.717) is 23.1 Å². The number of aromatic nitrogens is 4. The third kappa shape index (κ3) is 6.71. The lowest BCUT2D eigenvalue weighted by molar-refractivity contribution is -0.207. The lowest BCUT2D eigenvalue weighted by atomic mass is 10.1. The highest BCUT2D eigenvalue weighted by atomic mass is 32.2. The Hall–Kier alpha value is -2.99. The number of fused-ring (bicyclic) bond motifs is 1. The molecule has 11 heteroatoms. The Morgan fingerprint density at radius 3 is 2.47 bits per heavy atom. The van der Waals surface area contributed by atoms with E-state index in [1.54, 1.807) is 6.07 Å². The van der Waals surface area contributed by atoms with Crippen LogP contribution in [-0.4, -0.2) is 47.3 Å². The molecule has 3 N–H and O–H groups in total. The molecule has 1 aromatic carbocycles. The van der Waals surface area contributed by atoms with Gasteiger partial charge in [0.2, 0.25) is 0 Å². The van der Waals surface area contributed by atoms with Gasteiger partial charge in [-0.15, -0.1) is 4.72 Å². The van der Waals surface area contributed by atoms with Crippen molar-refractivity contribution in [3.8, 4) is 22.6 Å². The Balaban J connectivity index is 1.46. The zero-order chi connectivity index (χ0) is 27.5. The van der Waals surface area contributed by atoms with Crippen molar-refractivity contribution in [3.63, 3.8) is 0 Å². The van der Waals surface area contributed by atoms with Crippen molar-refractivity contribution < 1.29 is 22.8 Å². The fourth-order valence-electron chi connectivity index (χ4n) is 3.87. The summed E-state index contributed by atoms with van der Waals surface area (Å²) < 4.78 is 53.7. The molecule has 2 atom stereocenters. The number of H-pyrrole nitrogens is 1. The van der Waals surface area contributed by atoms with Crippen LogP contribution in [0.4, 0.5) is 13.2 Å². The van der Waals surface area contributed by atoms with Gasteiger partial charge in [-0.1, -0.05) is 18.2 Å². The maximum absolute atomic E-state index is 12.9. The van der Waals surface area contributed by atoms with E-state index in [2.05, 4.69) is 19.9 Å². The first kappa shape index (κ1) is 28.0. The number of nitrogens with one attached hydrogen (secondary N) is 2. The van der Waals surface area contributed by atoms with Gasteiger partial charge in [-0.05, 0) is 76.4 Å². The number of nitrogens with zero attached hydrogens (tertiary/aromatic N) is 3. The molecule has 0 fully saturated rings. The molecule has 38 heavy (non-hydrogen) atoms. The van der Waals surface area contributed by atoms with Crippen LogP contribution in [0.2, 0.25) is 0 Å². The molecule has 0 unspecified atom stereocenters. The van der Waals surface area contributed by atoms with Crippen molar-refractivity contribution in [1.29, 1.82) is 0 Å². The largest absolute Gasteiger partial charge is 0.598 e. The Labute approximate surface area is 222 Å². The van der Waals surface area contributed by atoms with E-state index in [4.69, 9.17) is 4.98 Å². The van der Waals surface area contributed by atoms with Crippen LogP contribution in [0.3, 0.4) is 0 Å². The highest BCUT2D eigenvalue weighted by Crippen LogP contribution is 2.33. The Morgan fingerprint density at radius 2 is 1.74 bits per heavy atom. The molecule has 0 aliphatic rings. The SMILES string of the molecule is CC(C)(C)[S@@+]([O-])NCCCCc1cccc(-c2ccc3c(-c4cccc([C@H](O)C(F)(F)F)n4)n[nH]c3c2)n1. The maximum Gasteiger partial charge on any atom is 0.420 e. The molecule has 0 saturated heterocycles. The zero-order valence-electron chi connectivity index (χ0n) is 21.3. The highest BCUT2D eigenvalue weighted by Gasteiger charge is 2.40. The van der Waals surface area contributed by atoms with Crippen molar-refractivity contribution in [3.05, 3.63) is 66.0 Å². The predicted molar refractivity (Wildman–Crippen MR) is 142 cm³/mol. The molecule has 3 heterocycles. The lowest BCUT2D eigenvalue weighted by Crippen LogP contribution is -2.39. The van der Waals surface area contributed by atoms with Gasteiger partial charge in [0.05, 0.1) is 22.6 Å². The second-order valence-electron chi connectivity index (χ2n) is 9.97. The van der Waals surface area contributed by atoms with Crippen LogP contribution in [0, 0.1) is 0 Å². The summed E-state index contributed by atoms with van der Waals surface area (Å²) >= 11 is -1.08. The van der Waals surface area contributed by atoms with Crippen molar-refractivity contribution in [2.45, 2.75) is 57.1 Å². The van der Waals surface area contributed by atoms with Gasteiger partial charge in [0, 0.05) is 34.6 Å². The summed E-state index contributed by atoms with van der Waals surface area (Å²) in [6, 6.07) is 15.5. The molecule has 0 radical (unpaired) electrons. The number of unbranched alkanes of at least 4 members (excludes halogenated alkanes) is 1. The number of hydrogen-bond donors (Lipinski definition) is 3. The van der Waals surface area contributed by atoms with E-state index in [-0.39, 0.29) is 10.4 Å². The van der Waals surface area contributed by atoms with Gasteiger partial charge < -0.3 is 9.66 Å². The van der Waals surface area contributed by atoms with E-state index in [1.165, 1.54) is 6.07 Å². The summed E-state index contributed by atoms with van der Waals surface area (Å²) in [6.45, 7) is 6.48. The van der Waals surface area contributed by atoms with Gasteiger partial charge in [0.1, 0.15) is 10.4 Å². The van der Waals surface area contributed by atoms with Crippen LogP contribution in [0.1, 0.15) is 51.1 Å². The molecule has 0 spiro atoms. The number of halogens is 3. The van der Waals surface area contributed by atoms with Gasteiger partial charge in [-0.2, -0.15) is 18.3 Å². The smallest absolute Gasteiger partial charge is 0.420 e. The molecular weight excluding hydrogens is 515 g/mol. The standard InChI is InChI=1S/C27H30F3N5O2S/c1-26(2,3)38(37)31-15-5-4-8-18-9-6-10-20(32-18)17-13-14-19-23(16-17)34-35-24(19)21-11-7-12-22(33-21)25(36)27(28,29)30/h6-7,9-14,16,25,31,36H,4-5,8,15H2,1-3H3,(H,34,35)/t25-,38+/m0/s1. The monoisotopic (exact) mass is 545 g/mol. The molecule has 0 amide bonds. The minimum atomic E-state index is -4.81. The normalized spacial score (nSPS) is 14.1. The molecule has 7 nitrogen and oxygen atoms in total. The number of rotatable bonds is 9. The zero-order valence-corrected chi connectivity index (χ0v) is 22.2. The first-order valence-corrected chi connectivity index (χ1v) is 13.4. The van der Waals surface area contributed by atoms with E-state index in [0.717, 1.165) is 42.3 Å². The van der Waals surface area contributed by atoms with Crippen LogP contribution in [0.15, 0.2) is 54.6 Å². The van der Waals surface area contributed by atoms with E-state index >= 15 is 0 Å². The molecule has 0 aliphatic heterocycles. The van der Waals surface area contributed by atoms with E-state index < -0.39 is 29.3 Å². The Morgan fingerprint density at radius 1 is 1.00 bits per heavy atom. The number of alkyl halides is 3. The molecule has 0 saturated carbocycles. The third-order valence-corrected chi connectivity index (χ3v) is 7.50. The van der Waals surface area contributed by atoms with Crippen molar-refractivity contribution >= 4 is 22.3 Å². The average Bonchev–Trinajstić information content (AvgIpc) is 3.30. The predicted octanol–water partition coefficient (Wildman–Crippen LogP) is 5.66. The fraction of sp³-hybridized carbons (Fsp3) is 0.370. The van der Waals surface area contributed by atoms with Gasteiger partial charge in [-0.25, -0.2) is 4.98 Å². The summed E-state index contributed by atoms with van der Waals surface area (Å²) in [5.74, 6) is 0. The maximum atomic E-state index is 12.9. The molecule has 0 bridgehead atoms. The van der Waals surface area contributed by atoms with Crippen LogP contribution < -0.4 is 4.72 Å². The summed E-state index contributed by atoms with van der Waals surface area (Å²) in [5.41, 5.74) is 3.44. The second kappa shape index (κ2) is 11.4. The highest BCUT2D eigenvalue weighted by molar-refractivity contribution is 7.90. The Bertz CT molecular complexity index is 1390. The van der Waals surface area contributed by atoms with Gasteiger partial charge >= 0.3 is 6.18 Å².